The van der Waals surface area contributed by atoms with Crippen molar-refractivity contribution in [3.63, 3.8) is 0 Å². The minimum Gasteiger partial charge on any atom is -0.353 e. The Morgan fingerprint density at radius 3 is 2.60 bits per heavy atom. The van der Waals surface area contributed by atoms with Crippen LogP contribution in [0.5, 0.6) is 0 Å². The zero-order valence-corrected chi connectivity index (χ0v) is 12.0. The molecule has 108 valence electrons. The molecule has 1 aromatic heterocycles. The topological polar surface area (TPSA) is 62.3 Å². The van der Waals surface area contributed by atoms with Crippen LogP contribution >= 0.6 is 0 Å². The fraction of sp³-hybridized carbons (Fsp3) is 0.533. The number of hydrogen-bond acceptors (Lipinski definition) is 3. The molecule has 1 N–H and O–H groups in total. The van der Waals surface area contributed by atoms with Crippen molar-refractivity contribution in [2.75, 3.05) is 13.1 Å². The summed E-state index contributed by atoms with van der Waals surface area (Å²) < 4.78 is 0. The minimum absolute atomic E-state index is 0.00468. The van der Waals surface area contributed by atoms with Crippen molar-refractivity contribution in [1.82, 2.24) is 15.2 Å². The molecule has 5 nitrogen and oxygen atoms in total. The van der Waals surface area contributed by atoms with Gasteiger partial charge in [0.25, 0.3) is 5.91 Å². The van der Waals surface area contributed by atoms with E-state index in [0.717, 1.165) is 12.8 Å². The molecule has 0 saturated carbocycles. The van der Waals surface area contributed by atoms with Gasteiger partial charge in [0.2, 0.25) is 5.91 Å². The van der Waals surface area contributed by atoms with Crippen LogP contribution < -0.4 is 5.32 Å². The highest BCUT2D eigenvalue weighted by Crippen LogP contribution is 2.14. The van der Waals surface area contributed by atoms with E-state index < -0.39 is 0 Å². The largest absolute Gasteiger partial charge is 0.353 e. The van der Waals surface area contributed by atoms with Crippen LogP contribution in [0.15, 0.2) is 24.5 Å². The van der Waals surface area contributed by atoms with Gasteiger partial charge in [-0.25, -0.2) is 0 Å². The van der Waals surface area contributed by atoms with Gasteiger partial charge in [-0.1, -0.05) is 13.8 Å². The highest BCUT2D eigenvalue weighted by Gasteiger charge is 2.25. The molecule has 0 atom stereocenters. The highest BCUT2D eigenvalue weighted by atomic mass is 16.2. The van der Waals surface area contributed by atoms with Crippen LogP contribution in [-0.4, -0.2) is 40.8 Å². The van der Waals surface area contributed by atoms with Gasteiger partial charge in [-0.05, 0) is 25.0 Å². The Morgan fingerprint density at radius 1 is 1.35 bits per heavy atom. The number of rotatable bonds is 3. The Kier molecular flexibility index (Phi) is 4.71. The van der Waals surface area contributed by atoms with Crippen molar-refractivity contribution in [1.29, 1.82) is 0 Å². The molecule has 20 heavy (non-hydrogen) atoms. The first-order chi connectivity index (χ1) is 9.58. The minimum atomic E-state index is 0.00468. The van der Waals surface area contributed by atoms with E-state index in [1.165, 1.54) is 0 Å². The summed E-state index contributed by atoms with van der Waals surface area (Å²) in [6.07, 6.45) is 4.87. The molecule has 0 aromatic carbocycles. The summed E-state index contributed by atoms with van der Waals surface area (Å²) in [5.41, 5.74) is 0.622. The van der Waals surface area contributed by atoms with Crippen LogP contribution in [-0.2, 0) is 4.79 Å². The third kappa shape index (κ3) is 3.56. The molecule has 2 amide bonds. The molecule has 1 aromatic rings. The van der Waals surface area contributed by atoms with Crippen LogP contribution in [0.25, 0.3) is 0 Å². The van der Waals surface area contributed by atoms with E-state index in [-0.39, 0.29) is 23.8 Å². The van der Waals surface area contributed by atoms with E-state index >= 15 is 0 Å². The van der Waals surface area contributed by atoms with Gasteiger partial charge in [-0.2, -0.15) is 0 Å². The summed E-state index contributed by atoms with van der Waals surface area (Å²) >= 11 is 0. The maximum Gasteiger partial charge on any atom is 0.255 e. The molecule has 2 heterocycles. The molecule has 1 aliphatic rings. The average Bonchev–Trinajstić information content (AvgIpc) is 2.48. The van der Waals surface area contributed by atoms with Gasteiger partial charge in [0.05, 0.1) is 5.56 Å². The lowest BCUT2D eigenvalue weighted by atomic mass is 10.0. The molecule has 2 rings (SSSR count). The Morgan fingerprint density at radius 2 is 2.05 bits per heavy atom. The number of amides is 2. The zero-order chi connectivity index (χ0) is 14.5. The van der Waals surface area contributed by atoms with E-state index in [4.69, 9.17) is 0 Å². The number of pyridine rings is 1. The normalized spacial score (nSPS) is 16.2. The van der Waals surface area contributed by atoms with Crippen molar-refractivity contribution < 1.29 is 9.59 Å². The van der Waals surface area contributed by atoms with Gasteiger partial charge >= 0.3 is 0 Å². The van der Waals surface area contributed by atoms with Crippen LogP contribution in [0.3, 0.4) is 0 Å². The van der Waals surface area contributed by atoms with E-state index in [2.05, 4.69) is 10.3 Å². The fourth-order valence-corrected chi connectivity index (χ4v) is 2.27. The first-order valence-corrected chi connectivity index (χ1v) is 7.07. The number of carbonyl (C=O) groups excluding carboxylic acids is 2. The molecular formula is C15H21N3O2. The van der Waals surface area contributed by atoms with Crippen molar-refractivity contribution in [3.8, 4) is 0 Å². The fourth-order valence-electron chi connectivity index (χ4n) is 2.27. The third-order valence-electron chi connectivity index (χ3n) is 3.56. The molecule has 1 aliphatic heterocycles. The Labute approximate surface area is 119 Å². The van der Waals surface area contributed by atoms with Gasteiger partial charge in [0.1, 0.15) is 0 Å². The molecule has 0 bridgehead atoms. The van der Waals surface area contributed by atoms with Crippen LogP contribution in [0.1, 0.15) is 37.0 Å². The Bertz CT molecular complexity index is 465. The number of nitrogens with zero attached hydrogens (tertiary/aromatic N) is 2. The van der Waals surface area contributed by atoms with Crippen LogP contribution in [0.2, 0.25) is 0 Å². The summed E-state index contributed by atoms with van der Waals surface area (Å²) in [7, 11) is 0. The lowest BCUT2D eigenvalue weighted by molar-refractivity contribution is -0.124. The average molecular weight is 275 g/mol. The maximum atomic E-state index is 12.2. The SMILES string of the molecule is CC(C)C(=O)NC1CCN(C(=O)c2cccnc2)CC1. The molecular weight excluding hydrogens is 254 g/mol. The summed E-state index contributed by atoms with van der Waals surface area (Å²) in [5.74, 6) is 0.110. The van der Waals surface area contributed by atoms with Crippen molar-refractivity contribution in [3.05, 3.63) is 30.1 Å². The quantitative estimate of drug-likeness (QED) is 0.908. The smallest absolute Gasteiger partial charge is 0.255 e. The van der Waals surface area contributed by atoms with Gasteiger partial charge in [0.15, 0.2) is 0 Å². The van der Waals surface area contributed by atoms with Crippen molar-refractivity contribution in [2.45, 2.75) is 32.7 Å². The predicted octanol–water partition coefficient (Wildman–Crippen LogP) is 1.46. The van der Waals surface area contributed by atoms with Crippen molar-refractivity contribution in [2.24, 2.45) is 5.92 Å². The predicted molar refractivity (Wildman–Crippen MR) is 76.1 cm³/mol. The van der Waals surface area contributed by atoms with E-state index in [1.54, 1.807) is 24.5 Å². The Hall–Kier alpha value is -1.91. The lowest BCUT2D eigenvalue weighted by Gasteiger charge is -2.32. The van der Waals surface area contributed by atoms with E-state index in [0.29, 0.717) is 18.7 Å². The highest BCUT2D eigenvalue weighted by molar-refractivity contribution is 5.93. The van der Waals surface area contributed by atoms with Crippen molar-refractivity contribution >= 4 is 11.8 Å². The second-order valence-corrected chi connectivity index (χ2v) is 5.47. The van der Waals surface area contributed by atoms with E-state index in [9.17, 15) is 9.59 Å². The molecule has 0 spiro atoms. The number of nitrogens with one attached hydrogen (secondary N) is 1. The van der Waals surface area contributed by atoms with Gasteiger partial charge < -0.3 is 10.2 Å². The standard InChI is InChI=1S/C15H21N3O2/c1-11(2)14(19)17-13-5-8-18(9-6-13)15(20)12-4-3-7-16-10-12/h3-4,7,10-11,13H,5-6,8-9H2,1-2H3,(H,17,19). The zero-order valence-electron chi connectivity index (χ0n) is 12.0. The third-order valence-corrected chi connectivity index (χ3v) is 3.56. The first-order valence-electron chi connectivity index (χ1n) is 7.07. The van der Waals surface area contributed by atoms with Gasteiger partial charge in [-0.15, -0.1) is 0 Å². The van der Waals surface area contributed by atoms with Crippen LogP contribution in [0.4, 0.5) is 0 Å². The summed E-state index contributed by atoms with van der Waals surface area (Å²) in [6.45, 7) is 5.13. The number of hydrogen-bond donors (Lipinski definition) is 1. The van der Waals surface area contributed by atoms with Gasteiger partial charge in [0, 0.05) is 37.4 Å². The monoisotopic (exact) mass is 275 g/mol. The molecule has 5 heteroatoms. The second-order valence-electron chi connectivity index (χ2n) is 5.47. The maximum absolute atomic E-state index is 12.2. The Balaban J connectivity index is 1.85. The number of carbonyl (C=O) groups is 2. The molecule has 0 unspecified atom stereocenters. The first kappa shape index (κ1) is 14.5. The van der Waals surface area contributed by atoms with Crippen LogP contribution in [0, 0.1) is 5.92 Å². The van der Waals surface area contributed by atoms with Gasteiger partial charge in [-0.3, -0.25) is 14.6 Å². The van der Waals surface area contributed by atoms with E-state index in [1.807, 2.05) is 18.7 Å². The molecule has 1 saturated heterocycles. The molecule has 0 aliphatic carbocycles. The summed E-state index contributed by atoms with van der Waals surface area (Å²) in [6, 6.07) is 3.73. The summed E-state index contributed by atoms with van der Waals surface area (Å²) in [4.78, 5) is 29.7. The molecule has 0 radical (unpaired) electrons. The number of likely N-dealkylation sites (tertiary alicyclic amines) is 1. The summed E-state index contributed by atoms with van der Waals surface area (Å²) in [5, 5.41) is 3.03. The second kappa shape index (κ2) is 6.50. The number of piperidine rings is 1. The lowest BCUT2D eigenvalue weighted by Crippen LogP contribution is -2.47. The molecule has 1 fully saturated rings. The number of aromatic nitrogens is 1.